The average Bonchev–Trinajstić information content (AvgIpc) is 2.97. The smallest absolute Gasteiger partial charge is 0.271 e. The van der Waals surface area contributed by atoms with Crippen LogP contribution in [0.4, 0.5) is 15.8 Å². The molecule has 2 heterocycles. The van der Waals surface area contributed by atoms with E-state index in [9.17, 15) is 14.5 Å². The first-order valence-corrected chi connectivity index (χ1v) is 8.34. The van der Waals surface area contributed by atoms with Gasteiger partial charge in [0.05, 0.1) is 28.7 Å². The van der Waals surface area contributed by atoms with Crippen LogP contribution >= 0.6 is 0 Å². The standard InChI is InChI=1S/C19H16FN5O2/c1-12-3-5-15(6-4-12)23-11-14(20)10-21-19(23)24-13(2)22-17-9-16(25(26)27)7-8-18(17)24/h3-10H,11H2,1-2H3. The highest BCUT2D eigenvalue weighted by Crippen LogP contribution is 2.26. The summed E-state index contributed by atoms with van der Waals surface area (Å²) in [7, 11) is 0. The Labute approximate surface area is 154 Å². The van der Waals surface area contributed by atoms with Crippen molar-refractivity contribution in [1.82, 2.24) is 9.55 Å². The Morgan fingerprint density at radius 1 is 1.15 bits per heavy atom. The molecule has 2 aromatic carbocycles. The van der Waals surface area contributed by atoms with Gasteiger partial charge in [0.2, 0.25) is 5.96 Å². The van der Waals surface area contributed by atoms with Crippen LogP contribution in [0.5, 0.6) is 0 Å². The molecule has 3 aromatic rings. The molecule has 27 heavy (non-hydrogen) atoms. The van der Waals surface area contributed by atoms with Crippen LogP contribution in [0.15, 0.2) is 59.5 Å². The maximum atomic E-state index is 14.0. The van der Waals surface area contributed by atoms with Gasteiger partial charge >= 0.3 is 0 Å². The number of hydrogen-bond donors (Lipinski definition) is 0. The molecule has 0 aliphatic carbocycles. The number of aromatic nitrogens is 2. The largest absolute Gasteiger partial charge is 0.305 e. The minimum atomic E-state index is -0.456. The van der Waals surface area contributed by atoms with Crippen molar-refractivity contribution < 1.29 is 9.31 Å². The van der Waals surface area contributed by atoms with Gasteiger partial charge in [0.15, 0.2) is 0 Å². The molecule has 0 amide bonds. The molecular formula is C19H16FN5O2. The summed E-state index contributed by atoms with van der Waals surface area (Å²) in [5.74, 6) is 0.753. The number of aliphatic imine (C=N–C) groups is 1. The van der Waals surface area contributed by atoms with Crippen LogP contribution < -0.4 is 4.90 Å². The Morgan fingerprint density at radius 3 is 2.59 bits per heavy atom. The number of halogens is 1. The van der Waals surface area contributed by atoms with Gasteiger partial charge in [0.1, 0.15) is 11.7 Å². The number of anilines is 1. The van der Waals surface area contributed by atoms with E-state index in [0.29, 0.717) is 22.8 Å². The van der Waals surface area contributed by atoms with Crippen LogP contribution in [0.1, 0.15) is 11.4 Å². The molecular weight excluding hydrogens is 349 g/mol. The summed E-state index contributed by atoms with van der Waals surface area (Å²) in [6.07, 6.45) is 1.19. The van der Waals surface area contributed by atoms with E-state index in [2.05, 4.69) is 9.98 Å². The molecule has 7 nitrogen and oxygen atoms in total. The zero-order valence-corrected chi connectivity index (χ0v) is 14.8. The zero-order valence-electron chi connectivity index (χ0n) is 14.8. The highest BCUT2D eigenvalue weighted by atomic mass is 19.1. The van der Waals surface area contributed by atoms with E-state index < -0.39 is 4.92 Å². The third kappa shape index (κ3) is 2.95. The van der Waals surface area contributed by atoms with E-state index in [4.69, 9.17) is 0 Å². The van der Waals surface area contributed by atoms with Crippen LogP contribution in [-0.2, 0) is 0 Å². The molecule has 0 atom stereocenters. The Morgan fingerprint density at radius 2 is 1.89 bits per heavy atom. The molecule has 0 N–H and O–H groups in total. The first-order valence-electron chi connectivity index (χ1n) is 8.34. The number of imidazole rings is 1. The summed E-state index contributed by atoms with van der Waals surface area (Å²) in [6, 6.07) is 12.2. The summed E-state index contributed by atoms with van der Waals surface area (Å²) < 4.78 is 15.8. The third-order valence-electron chi connectivity index (χ3n) is 4.43. The predicted molar refractivity (Wildman–Crippen MR) is 102 cm³/mol. The fourth-order valence-electron chi connectivity index (χ4n) is 3.13. The summed E-state index contributed by atoms with van der Waals surface area (Å²) >= 11 is 0. The normalized spacial score (nSPS) is 14.3. The molecule has 1 aliphatic rings. The topological polar surface area (TPSA) is 76.6 Å². The summed E-state index contributed by atoms with van der Waals surface area (Å²) in [6.45, 7) is 3.82. The minimum Gasteiger partial charge on any atom is -0.305 e. The van der Waals surface area contributed by atoms with Crippen molar-refractivity contribution in [3.05, 3.63) is 76.0 Å². The maximum Gasteiger partial charge on any atom is 0.271 e. The molecule has 0 saturated heterocycles. The van der Waals surface area contributed by atoms with Gasteiger partial charge < -0.3 is 4.90 Å². The number of aryl methyl sites for hydroxylation is 2. The number of hydrogen-bond acceptors (Lipinski definition) is 5. The first-order chi connectivity index (χ1) is 12.9. The Hall–Kier alpha value is -3.55. The quantitative estimate of drug-likeness (QED) is 0.506. The van der Waals surface area contributed by atoms with E-state index >= 15 is 0 Å². The molecule has 0 saturated carbocycles. The Balaban J connectivity index is 1.88. The lowest BCUT2D eigenvalue weighted by atomic mass is 10.2. The lowest BCUT2D eigenvalue weighted by Gasteiger charge is -2.28. The minimum absolute atomic E-state index is 0.0286. The number of fused-ring (bicyclic) bond motifs is 1. The predicted octanol–water partition coefficient (Wildman–Crippen LogP) is 4.10. The van der Waals surface area contributed by atoms with Crippen molar-refractivity contribution in [3.8, 4) is 0 Å². The molecule has 0 fully saturated rings. The molecule has 1 aromatic heterocycles. The first kappa shape index (κ1) is 16.9. The molecule has 136 valence electrons. The highest BCUT2D eigenvalue weighted by molar-refractivity contribution is 6.04. The van der Waals surface area contributed by atoms with Crippen LogP contribution in [0, 0.1) is 24.0 Å². The van der Waals surface area contributed by atoms with Crippen LogP contribution in [-0.4, -0.2) is 27.0 Å². The lowest BCUT2D eigenvalue weighted by molar-refractivity contribution is -0.384. The van der Waals surface area contributed by atoms with Crippen molar-refractivity contribution in [3.63, 3.8) is 0 Å². The lowest BCUT2D eigenvalue weighted by Crippen LogP contribution is -2.39. The monoisotopic (exact) mass is 365 g/mol. The van der Waals surface area contributed by atoms with Gasteiger partial charge in [-0.1, -0.05) is 17.7 Å². The number of non-ortho nitro benzene ring substituents is 1. The SMILES string of the molecule is Cc1ccc(N2CC(F)=CN=C2n2c(C)nc3cc([N+](=O)[O-])ccc32)cc1. The maximum absolute atomic E-state index is 14.0. The van der Waals surface area contributed by atoms with Gasteiger partial charge in [-0.2, -0.15) is 0 Å². The fraction of sp³-hybridized carbons (Fsp3) is 0.158. The summed E-state index contributed by atoms with van der Waals surface area (Å²) in [4.78, 5) is 21.1. The van der Waals surface area contributed by atoms with Gasteiger partial charge in [0.25, 0.3) is 5.69 Å². The molecule has 4 rings (SSSR count). The van der Waals surface area contributed by atoms with Crippen molar-refractivity contribution in [2.45, 2.75) is 13.8 Å². The molecule has 0 radical (unpaired) electrons. The Kier molecular flexibility index (Phi) is 3.95. The second-order valence-corrected chi connectivity index (χ2v) is 6.35. The number of benzene rings is 2. The fourth-order valence-corrected chi connectivity index (χ4v) is 3.13. The van der Waals surface area contributed by atoms with Crippen LogP contribution in [0.3, 0.4) is 0 Å². The summed E-state index contributed by atoms with van der Waals surface area (Å²) in [5.41, 5.74) is 3.03. The Bertz CT molecular complexity index is 1120. The van der Waals surface area contributed by atoms with Gasteiger partial charge in [-0.05, 0) is 32.0 Å². The molecule has 0 unspecified atom stereocenters. The van der Waals surface area contributed by atoms with E-state index in [1.807, 2.05) is 31.2 Å². The summed E-state index contributed by atoms with van der Waals surface area (Å²) in [5, 5.41) is 11.0. The van der Waals surface area contributed by atoms with E-state index in [0.717, 1.165) is 11.3 Å². The van der Waals surface area contributed by atoms with Crippen molar-refractivity contribution in [2.75, 3.05) is 11.4 Å². The number of nitro benzene ring substituents is 1. The van der Waals surface area contributed by atoms with Gasteiger partial charge in [-0.15, -0.1) is 0 Å². The van der Waals surface area contributed by atoms with Crippen molar-refractivity contribution in [1.29, 1.82) is 0 Å². The van der Waals surface area contributed by atoms with Gasteiger partial charge in [-0.3, -0.25) is 14.7 Å². The van der Waals surface area contributed by atoms with E-state index in [-0.39, 0.29) is 18.1 Å². The van der Waals surface area contributed by atoms with E-state index in [1.54, 1.807) is 22.5 Å². The number of nitrogens with zero attached hydrogens (tertiary/aromatic N) is 5. The van der Waals surface area contributed by atoms with Crippen LogP contribution in [0.25, 0.3) is 11.0 Å². The molecule has 0 spiro atoms. The zero-order chi connectivity index (χ0) is 19.1. The van der Waals surface area contributed by atoms with Gasteiger partial charge in [-0.25, -0.2) is 14.4 Å². The average molecular weight is 365 g/mol. The molecule has 8 heteroatoms. The van der Waals surface area contributed by atoms with E-state index in [1.165, 1.54) is 18.3 Å². The second-order valence-electron chi connectivity index (χ2n) is 6.35. The third-order valence-corrected chi connectivity index (χ3v) is 4.43. The number of rotatable bonds is 2. The molecule has 0 bridgehead atoms. The highest BCUT2D eigenvalue weighted by Gasteiger charge is 2.24. The number of nitro groups is 1. The second kappa shape index (κ2) is 6.31. The van der Waals surface area contributed by atoms with Crippen LogP contribution in [0.2, 0.25) is 0 Å². The molecule has 1 aliphatic heterocycles. The van der Waals surface area contributed by atoms with Crippen molar-refractivity contribution in [2.24, 2.45) is 4.99 Å². The van der Waals surface area contributed by atoms with Crippen molar-refractivity contribution >= 4 is 28.4 Å². The van der Waals surface area contributed by atoms with Gasteiger partial charge in [0, 0.05) is 17.8 Å².